The van der Waals surface area contributed by atoms with E-state index in [4.69, 9.17) is 21.1 Å². The van der Waals surface area contributed by atoms with Crippen molar-refractivity contribution in [3.05, 3.63) is 70.9 Å². The third-order valence-electron chi connectivity index (χ3n) is 4.95. The Morgan fingerprint density at radius 3 is 2.14 bits per heavy atom. The van der Waals surface area contributed by atoms with E-state index in [1.54, 1.807) is 19.9 Å². The third-order valence-corrected chi connectivity index (χ3v) is 5.32. The maximum absolute atomic E-state index is 13.2. The lowest BCUT2D eigenvalue weighted by Crippen LogP contribution is -2.46. The minimum Gasteiger partial charge on any atom is -0.465 e. The summed E-state index contributed by atoms with van der Waals surface area (Å²) in [5.41, 5.74) is 0.924. The number of H-pyrrole nitrogens is 1. The van der Waals surface area contributed by atoms with Crippen LogP contribution < -0.4 is 0 Å². The van der Waals surface area contributed by atoms with Gasteiger partial charge in [-0.15, -0.1) is 0 Å². The van der Waals surface area contributed by atoms with E-state index in [0.717, 1.165) is 16.5 Å². The van der Waals surface area contributed by atoms with Crippen LogP contribution in [0.1, 0.15) is 25.0 Å². The molecule has 1 heterocycles. The second kappa shape index (κ2) is 9.14. The number of benzene rings is 2. The first-order chi connectivity index (χ1) is 14.0. The van der Waals surface area contributed by atoms with Crippen molar-refractivity contribution < 1.29 is 19.1 Å². The van der Waals surface area contributed by atoms with Crippen LogP contribution >= 0.6 is 11.6 Å². The molecule has 3 aromatic rings. The van der Waals surface area contributed by atoms with Gasteiger partial charge in [0.25, 0.3) is 0 Å². The Balaban J connectivity index is 2.12. The van der Waals surface area contributed by atoms with Crippen LogP contribution in [0.15, 0.2) is 54.7 Å². The Morgan fingerprint density at radius 1 is 0.897 bits per heavy atom. The minimum absolute atomic E-state index is 0.0871. The zero-order valence-electron chi connectivity index (χ0n) is 16.5. The zero-order chi connectivity index (χ0) is 20.9. The first kappa shape index (κ1) is 20.9. The smallest absolute Gasteiger partial charge is 0.324 e. The monoisotopic (exact) mass is 413 g/mol. The number of fused-ring (bicyclic) bond motifs is 1. The van der Waals surface area contributed by atoms with Gasteiger partial charge in [0.15, 0.2) is 5.41 Å². The third kappa shape index (κ3) is 4.30. The van der Waals surface area contributed by atoms with E-state index in [0.29, 0.717) is 10.6 Å². The highest BCUT2D eigenvalue weighted by Crippen LogP contribution is 2.36. The molecule has 0 saturated heterocycles. The van der Waals surface area contributed by atoms with Crippen LogP contribution in [0.3, 0.4) is 0 Å². The Kier molecular flexibility index (Phi) is 6.60. The van der Waals surface area contributed by atoms with Gasteiger partial charge in [-0.2, -0.15) is 0 Å². The summed E-state index contributed by atoms with van der Waals surface area (Å²) in [5, 5.41) is 1.44. The van der Waals surface area contributed by atoms with Gasteiger partial charge in [0.1, 0.15) is 0 Å². The molecule has 1 aromatic heterocycles. The number of nitrogens with one attached hydrogen (secondary N) is 1. The molecule has 6 heteroatoms. The summed E-state index contributed by atoms with van der Waals surface area (Å²) in [4.78, 5) is 29.6. The van der Waals surface area contributed by atoms with Gasteiger partial charge in [0, 0.05) is 35.0 Å². The molecule has 0 radical (unpaired) electrons. The van der Waals surface area contributed by atoms with Crippen LogP contribution in [-0.2, 0) is 31.9 Å². The van der Waals surface area contributed by atoms with Gasteiger partial charge in [-0.3, -0.25) is 9.59 Å². The lowest BCUT2D eigenvalue weighted by atomic mass is 9.76. The number of hydrogen-bond donors (Lipinski definition) is 1. The van der Waals surface area contributed by atoms with Crippen LogP contribution in [0.4, 0.5) is 0 Å². The molecular formula is C23H24ClNO4. The number of para-hydroxylation sites is 1. The summed E-state index contributed by atoms with van der Waals surface area (Å²) < 4.78 is 10.7. The normalized spacial score (nSPS) is 11.4. The average Bonchev–Trinajstić information content (AvgIpc) is 3.12. The standard InChI is InChI=1S/C23H24ClNO4/c1-3-28-21(26)23(22(27)29-4-2,13-16-9-5-7-11-19(16)24)14-17-15-25-20-12-8-6-10-18(17)20/h5-12,15,25H,3-4,13-14H2,1-2H3. The quantitative estimate of drug-likeness (QED) is 0.428. The Morgan fingerprint density at radius 2 is 1.48 bits per heavy atom. The molecule has 1 N–H and O–H groups in total. The highest BCUT2D eigenvalue weighted by Gasteiger charge is 2.49. The van der Waals surface area contributed by atoms with Gasteiger partial charge >= 0.3 is 11.9 Å². The van der Waals surface area contributed by atoms with Crippen molar-refractivity contribution in [2.45, 2.75) is 26.7 Å². The Labute approximate surface area is 175 Å². The second-order valence-electron chi connectivity index (χ2n) is 6.83. The molecule has 0 aliphatic heterocycles. The fourth-order valence-electron chi connectivity index (χ4n) is 3.54. The number of carbonyl (C=O) groups is 2. The molecule has 0 bridgehead atoms. The number of aromatic amines is 1. The SMILES string of the molecule is CCOC(=O)C(Cc1ccccc1Cl)(Cc1c[nH]c2ccccc12)C(=O)OCC. The number of aromatic nitrogens is 1. The molecule has 0 atom stereocenters. The molecule has 152 valence electrons. The maximum atomic E-state index is 13.2. The van der Waals surface area contributed by atoms with Crippen LogP contribution in [0, 0.1) is 5.41 Å². The fourth-order valence-corrected chi connectivity index (χ4v) is 3.75. The molecule has 0 aliphatic rings. The molecule has 0 spiro atoms. The van der Waals surface area contributed by atoms with Crippen LogP contribution in [-0.4, -0.2) is 30.1 Å². The molecular weight excluding hydrogens is 390 g/mol. The van der Waals surface area contributed by atoms with E-state index in [1.807, 2.05) is 48.7 Å². The van der Waals surface area contributed by atoms with Crippen molar-refractivity contribution in [3.63, 3.8) is 0 Å². The second-order valence-corrected chi connectivity index (χ2v) is 7.23. The van der Waals surface area contributed by atoms with Crippen LogP contribution in [0.2, 0.25) is 5.02 Å². The molecule has 0 saturated carbocycles. The van der Waals surface area contributed by atoms with Crippen molar-refractivity contribution in [1.29, 1.82) is 0 Å². The summed E-state index contributed by atoms with van der Waals surface area (Å²) in [5.74, 6) is -1.22. The predicted molar refractivity (Wildman–Crippen MR) is 113 cm³/mol. The summed E-state index contributed by atoms with van der Waals surface area (Å²) in [6, 6.07) is 14.9. The molecule has 0 aliphatic carbocycles. The zero-order valence-corrected chi connectivity index (χ0v) is 17.3. The van der Waals surface area contributed by atoms with E-state index >= 15 is 0 Å². The molecule has 29 heavy (non-hydrogen) atoms. The van der Waals surface area contributed by atoms with Gasteiger partial charge < -0.3 is 14.5 Å². The summed E-state index contributed by atoms with van der Waals surface area (Å²) in [6.45, 7) is 3.76. The van der Waals surface area contributed by atoms with Crippen molar-refractivity contribution in [1.82, 2.24) is 4.98 Å². The Bertz CT molecular complexity index is 993. The van der Waals surface area contributed by atoms with E-state index in [2.05, 4.69) is 4.98 Å². The van der Waals surface area contributed by atoms with Crippen molar-refractivity contribution in [2.24, 2.45) is 5.41 Å². The number of carbonyl (C=O) groups excluding carboxylic acids is 2. The van der Waals surface area contributed by atoms with Crippen LogP contribution in [0.5, 0.6) is 0 Å². The van der Waals surface area contributed by atoms with E-state index in [9.17, 15) is 9.59 Å². The summed E-state index contributed by atoms with van der Waals surface area (Å²) in [7, 11) is 0. The largest absolute Gasteiger partial charge is 0.465 e. The maximum Gasteiger partial charge on any atom is 0.324 e. The average molecular weight is 414 g/mol. The van der Waals surface area contributed by atoms with Gasteiger partial charge in [-0.05, 0) is 37.1 Å². The Hall–Kier alpha value is -2.79. The van der Waals surface area contributed by atoms with Gasteiger partial charge in [0.05, 0.1) is 13.2 Å². The van der Waals surface area contributed by atoms with Gasteiger partial charge in [-0.25, -0.2) is 0 Å². The summed E-state index contributed by atoms with van der Waals surface area (Å²) >= 11 is 6.36. The highest BCUT2D eigenvalue weighted by molar-refractivity contribution is 6.31. The lowest BCUT2D eigenvalue weighted by Gasteiger charge is -2.29. The van der Waals surface area contributed by atoms with E-state index in [1.165, 1.54) is 0 Å². The minimum atomic E-state index is -1.54. The first-order valence-electron chi connectivity index (χ1n) is 9.64. The number of halogens is 1. The van der Waals surface area contributed by atoms with Crippen molar-refractivity contribution in [3.8, 4) is 0 Å². The molecule has 2 aromatic carbocycles. The molecule has 0 unspecified atom stereocenters. The van der Waals surface area contributed by atoms with Crippen molar-refractivity contribution in [2.75, 3.05) is 13.2 Å². The number of ether oxygens (including phenoxy) is 2. The number of rotatable bonds is 8. The fraction of sp³-hybridized carbons (Fsp3) is 0.304. The molecule has 0 amide bonds. The van der Waals surface area contributed by atoms with Gasteiger partial charge in [-0.1, -0.05) is 48.0 Å². The number of hydrogen-bond acceptors (Lipinski definition) is 4. The predicted octanol–water partition coefficient (Wildman–Crippen LogP) is 4.72. The lowest BCUT2D eigenvalue weighted by molar-refractivity contribution is -0.172. The molecule has 3 rings (SSSR count). The first-order valence-corrected chi connectivity index (χ1v) is 10.0. The number of esters is 2. The van der Waals surface area contributed by atoms with Crippen molar-refractivity contribution >= 4 is 34.4 Å². The van der Waals surface area contributed by atoms with E-state index in [-0.39, 0.29) is 26.1 Å². The molecule has 0 fully saturated rings. The van der Waals surface area contributed by atoms with Crippen LogP contribution in [0.25, 0.3) is 10.9 Å². The summed E-state index contributed by atoms with van der Waals surface area (Å²) in [6.07, 6.45) is 2.05. The van der Waals surface area contributed by atoms with Gasteiger partial charge in [0.2, 0.25) is 0 Å². The van der Waals surface area contributed by atoms with E-state index < -0.39 is 17.4 Å². The topological polar surface area (TPSA) is 68.4 Å². The molecule has 5 nitrogen and oxygen atoms in total. The highest BCUT2D eigenvalue weighted by atomic mass is 35.5.